The highest BCUT2D eigenvalue weighted by Crippen LogP contribution is 2.30. The third-order valence-corrected chi connectivity index (χ3v) is 5.43. The summed E-state index contributed by atoms with van der Waals surface area (Å²) in [7, 11) is 3.93. The fraction of sp³-hybridized carbons (Fsp3) is 0.500. The van der Waals surface area contributed by atoms with Crippen molar-refractivity contribution in [2.24, 2.45) is 0 Å². The van der Waals surface area contributed by atoms with Gasteiger partial charge in [0.2, 0.25) is 0 Å². The summed E-state index contributed by atoms with van der Waals surface area (Å²) in [6.45, 7) is 6.99. The molecule has 0 saturated carbocycles. The second-order valence-corrected chi connectivity index (χ2v) is 7.32. The molecule has 146 valence electrons. The standard InChI is InChI=1S/C20H28N4O3/c1-4-27-19(25)17-16(14-24-12-10-22(2)11-13-24)23(3)20(26)21-18(17)15-8-6-5-7-9-15/h5-9,18H,4,10-14H2,1-3H3,(H,21,26)/p+2/t18-/m0/s1. The first-order valence-corrected chi connectivity index (χ1v) is 9.65. The molecule has 3 N–H and O–H groups in total. The number of hydrogen-bond donors (Lipinski definition) is 3. The Hall–Kier alpha value is -2.38. The quantitative estimate of drug-likeness (QED) is 0.556. The molecule has 0 radical (unpaired) electrons. The molecule has 1 atom stereocenters. The number of hydrogen-bond acceptors (Lipinski definition) is 3. The highest BCUT2D eigenvalue weighted by molar-refractivity contribution is 5.95. The number of benzene rings is 1. The van der Waals surface area contributed by atoms with E-state index in [0.29, 0.717) is 18.7 Å². The van der Waals surface area contributed by atoms with Gasteiger partial charge < -0.3 is 19.9 Å². The zero-order valence-corrected chi connectivity index (χ0v) is 16.4. The van der Waals surface area contributed by atoms with Crippen molar-refractivity contribution in [2.75, 3.05) is 53.4 Å². The molecule has 1 fully saturated rings. The molecule has 2 heterocycles. The van der Waals surface area contributed by atoms with E-state index in [1.54, 1.807) is 18.9 Å². The van der Waals surface area contributed by atoms with Crippen molar-refractivity contribution >= 4 is 12.0 Å². The van der Waals surface area contributed by atoms with Crippen LogP contribution >= 0.6 is 0 Å². The van der Waals surface area contributed by atoms with Crippen LogP contribution in [0.3, 0.4) is 0 Å². The maximum atomic E-state index is 12.9. The maximum absolute atomic E-state index is 12.9. The summed E-state index contributed by atoms with van der Waals surface area (Å²) < 4.78 is 5.36. The van der Waals surface area contributed by atoms with Crippen molar-refractivity contribution in [3.63, 3.8) is 0 Å². The number of urea groups is 1. The lowest BCUT2D eigenvalue weighted by Gasteiger charge is -2.36. The van der Waals surface area contributed by atoms with E-state index in [4.69, 9.17) is 4.74 Å². The number of amides is 2. The zero-order chi connectivity index (χ0) is 19.4. The summed E-state index contributed by atoms with van der Waals surface area (Å²) in [6, 6.07) is 8.94. The van der Waals surface area contributed by atoms with E-state index in [1.165, 1.54) is 9.80 Å². The number of rotatable bonds is 5. The predicted octanol–water partition coefficient (Wildman–Crippen LogP) is -1.39. The maximum Gasteiger partial charge on any atom is 0.338 e. The van der Waals surface area contributed by atoms with Gasteiger partial charge in [-0.3, -0.25) is 4.90 Å². The molecule has 2 aliphatic heterocycles. The number of nitrogens with zero attached hydrogens (tertiary/aromatic N) is 1. The average molecular weight is 374 g/mol. The summed E-state index contributed by atoms with van der Waals surface area (Å²) in [6.07, 6.45) is 0. The molecule has 0 aromatic heterocycles. The Morgan fingerprint density at radius 2 is 1.89 bits per heavy atom. The molecule has 7 heteroatoms. The lowest BCUT2D eigenvalue weighted by Crippen LogP contribution is -3.27. The van der Waals surface area contributed by atoms with Crippen LogP contribution in [0.25, 0.3) is 0 Å². The van der Waals surface area contributed by atoms with Crippen molar-refractivity contribution in [1.82, 2.24) is 10.2 Å². The van der Waals surface area contributed by atoms with Gasteiger partial charge in [0.25, 0.3) is 0 Å². The van der Waals surface area contributed by atoms with Gasteiger partial charge in [-0.25, -0.2) is 9.59 Å². The number of esters is 1. The van der Waals surface area contributed by atoms with E-state index in [-0.39, 0.29) is 12.0 Å². The third kappa shape index (κ3) is 4.31. The van der Waals surface area contributed by atoms with E-state index < -0.39 is 6.04 Å². The van der Waals surface area contributed by atoms with E-state index in [0.717, 1.165) is 37.4 Å². The Morgan fingerprint density at radius 3 is 2.52 bits per heavy atom. The third-order valence-electron chi connectivity index (χ3n) is 5.43. The van der Waals surface area contributed by atoms with Gasteiger partial charge in [0.1, 0.15) is 32.7 Å². The summed E-state index contributed by atoms with van der Waals surface area (Å²) in [5.74, 6) is -0.354. The lowest BCUT2D eigenvalue weighted by molar-refractivity contribution is -1.00. The number of nitrogens with one attached hydrogen (secondary N) is 3. The van der Waals surface area contributed by atoms with Gasteiger partial charge in [-0.15, -0.1) is 0 Å². The highest BCUT2D eigenvalue weighted by atomic mass is 16.5. The topological polar surface area (TPSA) is 67.5 Å². The second-order valence-electron chi connectivity index (χ2n) is 7.32. The Morgan fingerprint density at radius 1 is 1.22 bits per heavy atom. The number of ether oxygens (including phenoxy) is 1. The number of likely N-dealkylation sites (N-methyl/N-ethyl adjacent to an activating group) is 2. The van der Waals surface area contributed by atoms with Crippen LogP contribution in [0, 0.1) is 0 Å². The van der Waals surface area contributed by atoms with Crippen molar-refractivity contribution < 1.29 is 24.1 Å². The van der Waals surface area contributed by atoms with Gasteiger partial charge in [0.05, 0.1) is 31.0 Å². The Balaban J connectivity index is 1.99. The monoisotopic (exact) mass is 374 g/mol. The highest BCUT2D eigenvalue weighted by Gasteiger charge is 2.38. The van der Waals surface area contributed by atoms with Gasteiger partial charge >= 0.3 is 12.0 Å². The van der Waals surface area contributed by atoms with Crippen LogP contribution in [0.4, 0.5) is 4.79 Å². The first-order chi connectivity index (χ1) is 13.0. The Labute approximate surface area is 160 Å². The number of carbonyl (C=O) groups excluding carboxylic acids is 2. The SMILES string of the molecule is CCOC(=O)C1=C(C[NH+]2CC[NH+](C)CC2)N(C)C(=O)N[C@H]1c1ccccc1. The first kappa shape index (κ1) is 19.4. The Kier molecular flexibility index (Phi) is 6.13. The molecule has 1 saturated heterocycles. The first-order valence-electron chi connectivity index (χ1n) is 9.65. The normalized spacial score (nSPS) is 26.0. The molecule has 1 aromatic carbocycles. The largest absolute Gasteiger partial charge is 0.463 e. The molecule has 2 amide bonds. The minimum absolute atomic E-state index is 0.189. The summed E-state index contributed by atoms with van der Waals surface area (Å²) in [4.78, 5) is 30.0. The second kappa shape index (κ2) is 8.54. The molecule has 0 aliphatic carbocycles. The van der Waals surface area contributed by atoms with Gasteiger partial charge in [0, 0.05) is 7.05 Å². The molecule has 1 aromatic rings. The van der Waals surface area contributed by atoms with Crippen LogP contribution < -0.4 is 15.1 Å². The number of carbonyl (C=O) groups is 2. The van der Waals surface area contributed by atoms with Crippen molar-refractivity contribution in [3.05, 3.63) is 47.2 Å². The van der Waals surface area contributed by atoms with Crippen LogP contribution in [0.1, 0.15) is 18.5 Å². The van der Waals surface area contributed by atoms with E-state index in [1.807, 2.05) is 30.3 Å². The van der Waals surface area contributed by atoms with Gasteiger partial charge in [0.15, 0.2) is 0 Å². The summed E-state index contributed by atoms with van der Waals surface area (Å²) in [5.41, 5.74) is 2.20. The Bertz CT molecular complexity index is 711. The molecule has 3 rings (SSSR count). The average Bonchev–Trinajstić information content (AvgIpc) is 2.67. The minimum atomic E-state index is -0.485. The fourth-order valence-electron chi connectivity index (χ4n) is 3.76. The smallest absolute Gasteiger partial charge is 0.338 e. The van der Waals surface area contributed by atoms with Gasteiger partial charge in [-0.05, 0) is 12.5 Å². The lowest BCUT2D eigenvalue weighted by atomic mass is 9.94. The molecule has 0 unspecified atom stereocenters. The van der Waals surface area contributed by atoms with E-state index in [2.05, 4.69) is 12.4 Å². The molecule has 0 spiro atoms. The van der Waals surface area contributed by atoms with Crippen LogP contribution in [0.5, 0.6) is 0 Å². The van der Waals surface area contributed by atoms with E-state index in [9.17, 15) is 9.59 Å². The molecule has 7 nitrogen and oxygen atoms in total. The zero-order valence-electron chi connectivity index (χ0n) is 16.4. The molecular weight excluding hydrogens is 344 g/mol. The van der Waals surface area contributed by atoms with Crippen LogP contribution in [0.15, 0.2) is 41.6 Å². The number of piperazine rings is 1. The molecular formula is C20H30N4O3+2. The minimum Gasteiger partial charge on any atom is -0.463 e. The predicted molar refractivity (Wildman–Crippen MR) is 101 cm³/mol. The van der Waals surface area contributed by atoms with Gasteiger partial charge in [-0.1, -0.05) is 30.3 Å². The van der Waals surface area contributed by atoms with Gasteiger partial charge in [-0.2, -0.15) is 0 Å². The van der Waals surface area contributed by atoms with Crippen molar-refractivity contribution in [1.29, 1.82) is 0 Å². The van der Waals surface area contributed by atoms with Crippen LogP contribution in [-0.4, -0.2) is 70.3 Å². The molecule has 2 aliphatic rings. The van der Waals surface area contributed by atoms with Crippen molar-refractivity contribution in [2.45, 2.75) is 13.0 Å². The number of quaternary nitrogens is 2. The fourth-order valence-corrected chi connectivity index (χ4v) is 3.76. The van der Waals surface area contributed by atoms with Crippen molar-refractivity contribution in [3.8, 4) is 0 Å². The van der Waals surface area contributed by atoms with Crippen LogP contribution in [0.2, 0.25) is 0 Å². The molecule has 0 bridgehead atoms. The van der Waals surface area contributed by atoms with E-state index >= 15 is 0 Å². The summed E-state index contributed by atoms with van der Waals surface area (Å²) in [5, 5.41) is 2.96. The summed E-state index contributed by atoms with van der Waals surface area (Å²) >= 11 is 0. The van der Waals surface area contributed by atoms with Crippen LogP contribution in [-0.2, 0) is 9.53 Å². The molecule has 27 heavy (non-hydrogen) atoms.